The lowest BCUT2D eigenvalue weighted by Gasteiger charge is -1.83. The van der Waals surface area contributed by atoms with Crippen LogP contribution in [0.5, 0.6) is 0 Å². The minimum Gasteiger partial charge on any atom is -0.0609 e. The van der Waals surface area contributed by atoms with Crippen molar-refractivity contribution in [2.45, 2.75) is 0 Å². The predicted molar refractivity (Wildman–Crippen MR) is 85.1 cm³/mol. The van der Waals surface area contributed by atoms with E-state index in [-0.39, 0.29) is 0 Å². The minimum absolute atomic E-state index is 0.844. The Balaban J connectivity index is 2.28. The van der Waals surface area contributed by atoms with Gasteiger partial charge in [-0.3, -0.25) is 0 Å². The molecule has 0 radical (unpaired) electrons. The largest absolute Gasteiger partial charge is 0.0609 e. The molecule has 3 rings (SSSR count). The van der Waals surface area contributed by atoms with Crippen molar-refractivity contribution in [3.8, 4) is 0 Å². The van der Waals surface area contributed by atoms with E-state index < -0.39 is 0 Å². The highest BCUT2D eigenvalue weighted by molar-refractivity contribution is 5.79. The number of hydrogen-bond acceptors (Lipinski definition) is 0. The van der Waals surface area contributed by atoms with E-state index in [1.165, 1.54) is 0 Å². The Morgan fingerprint density at radius 1 is 0.364 bits per heavy atom. The van der Waals surface area contributed by atoms with Gasteiger partial charge in [0.15, 0.2) is 0 Å². The second-order valence-corrected chi connectivity index (χ2v) is 4.34. The zero-order valence-electron chi connectivity index (χ0n) is 11.6. The molecule has 0 spiro atoms. The van der Waals surface area contributed by atoms with Gasteiger partial charge in [-0.05, 0) is 60.7 Å². The summed E-state index contributed by atoms with van der Waals surface area (Å²) in [7, 11) is 0. The van der Waals surface area contributed by atoms with Gasteiger partial charge >= 0.3 is 0 Å². The van der Waals surface area contributed by atoms with Crippen molar-refractivity contribution in [3.05, 3.63) is 109 Å². The van der Waals surface area contributed by atoms with Crippen LogP contribution < -0.4 is 0 Å². The van der Waals surface area contributed by atoms with E-state index in [9.17, 15) is 0 Å². The molecule has 3 aromatic carbocycles. The Bertz CT molecular complexity index is 815. The lowest BCUT2D eigenvalue weighted by atomic mass is 10.2. The van der Waals surface area contributed by atoms with Crippen LogP contribution in [0.2, 0.25) is 0 Å². The van der Waals surface area contributed by atoms with Crippen LogP contribution in [-0.2, 0) is 0 Å². The van der Waals surface area contributed by atoms with Crippen LogP contribution in [0.15, 0.2) is 48.5 Å². The van der Waals surface area contributed by atoms with E-state index in [0.29, 0.717) is 0 Å². The third-order valence-corrected chi connectivity index (χ3v) is 2.89. The average molecular weight is 272 g/mol. The SMILES string of the molecule is c1c#cc2ccccc2c#cc#cc2ccccc2c#cc#1. The highest BCUT2D eigenvalue weighted by atomic mass is 13.9. The van der Waals surface area contributed by atoms with E-state index in [4.69, 9.17) is 0 Å². The molecule has 0 atom stereocenters. The zero-order valence-corrected chi connectivity index (χ0v) is 11.6. The molecule has 0 heteroatoms. The fraction of sp³-hybridized carbons (Fsp3) is 0. The van der Waals surface area contributed by atoms with Crippen molar-refractivity contribution in [3.63, 3.8) is 0 Å². The lowest BCUT2D eigenvalue weighted by molar-refractivity contribution is 1.80. The van der Waals surface area contributed by atoms with E-state index in [2.05, 4.69) is 60.7 Å². The molecule has 0 nitrogen and oxygen atoms in total. The maximum absolute atomic E-state index is 3.04. The van der Waals surface area contributed by atoms with Crippen molar-refractivity contribution in [1.82, 2.24) is 0 Å². The fourth-order valence-electron chi connectivity index (χ4n) is 1.86. The van der Waals surface area contributed by atoms with Crippen molar-refractivity contribution in [1.29, 1.82) is 0 Å². The van der Waals surface area contributed by atoms with E-state index >= 15 is 0 Å². The van der Waals surface area contributed by atoms with Crippen LogP contribution in [0.3, 0.4) is 0 Å². The normalized spacial score (nSPS) is 8.00. The quantitative estimate of drug-likeness (QED) is 0.574. The molecular weight excluding hydrogens is 264 g/mol. The summed E-state index contributed by atoms with van der Waals surface area (Å²) in [5.41, 5.74) is 0. The topological polar surface area (TPSA) is 0 Å². The molecule has 22 heavy (non-hydrogen) atoms. The van der Waals surface area contributed by atoms with Crippen LogP contribution in [0.4, 0.5) is 0 Å². The second kappa shape index (κ2) is 6.60. The van der Waals surface area contributed by atoms with Gasteiger partial charge in [0.05, 0.1) is 0 Å². The van der Waals surface area contributed by atoms with Gasteiger partial charge in [-0.25, -0.2) is 0 Å². The Morgan fingerprint density at radius 2 is 0.636 bits per heavy atom. The van der Waals surface area contributed by atoms with Gasteiger partial charge in [0.25, 0.3) is 0 Å². The van der Waals surface area contributed by atoms with Gasteiger partial charge in [0, 0.05) is 21.5 Å². The molecule has 0 saturated carbocycles. The molecule has 0 unspecified atom stereocenters. The van der Waals surface area contributed by atoms with Crippen LogP contribution in [-0.4, -0.2) is 0 Å². The standard InChI is InChI=1S/C22H8/c1-2-4-12-20-14-6-8-16-22(20)18-10-9-17-21-15-7-5-13-19(21)11-3-1/h5-8,13-16H. The first-order valence-corrected chi connectivity index (χ1v) is 6.65. The Kier molecular flexibility index (Phi) is 3.97. The summed E-state index contributed by atoms with van der Waals surface area (Å²) in [4.78, 5) is 0. The van der Waals surface area contributed by atoms with Gasteiger partial charge in [-0.2, -0.15) is 0 Å². The van der Waals surface area contributed by atoms with Gasteiger partial charge in [-0.1, -0.05) is 48.5 Å². The summed E-state index contributed by atoms with van der Waals surface area (Å²) in [6.45, 7) is 0. The first kappa shape index (κ1) is 13.2. The summed E-state index contributed by atoms with van der Waals surface area (Å²) in [5.74, 6) is 0. The molecule has 0 fully saturated rings. The zero-order chi connectivity index (χ0) is 15.0. The molecule has 0 aliphatic rings. The molecule has 0 aliphatic heterocycles. The van der Waals surface area contributed by atoms with Crippen LogP contribution >= 0.6 is 0 Å². The van der Waals surface area contributed by atoms with Gasteiger partial charge in [0.2, 0.25) is 0 Å². The smallest absolute Gasteiger partial charge is 0.0412 e. The molecule has 0 aliphatic carbocycles. The monoisotopic (exact) mass is 272 g/mol. The lowest BCUT2D eigenvalue weighted by Crippen LogP contribution is -1.62. The van der Waals surface area contributed by atoms with Crippen molar-refractivity contribution in [2.24, 2.45) is 0 Å². The number of benzene rings is 2. The average Bonchev–Trinajstić information content (AvgIpc) is 2.56. The fourth-order valence-corrected chi connectivity index (χ4v) is 1.86. The molecule has 0 amide bonds. The molecule has 3 aromatic rings. The second-order valence-electron chi connectivity index (χ2n) is 4.34. The van der Waals surface area contributed by atoms with Crippen molar-refractivity contribution in [2.75, 3.05) is 0 Å². The first-order valence-electron chi connectivity index (χ1n) is 6.65. The summed E-state index contributed by atoms with van der Waals surface area (Å²) >= 11 is 0. The minimum atomic E-state index is 0.844. The molecular formula is C22H8. The maximum Gasteiger partial charge on any atom is 0.0412 e. The van der Waals surface area contributed by atoms with Crippen molar-refractivity contribution >= 4 is 21.5 Å². The molecule has 0 heterocycles. The Morgan fingerprint density at radius 3 is 0.955 bits per heavy atom. The van der Waals surface area contributed by atoms with Gasteiger partial charge in [-0.15, -0.1) is 0 Å². The van der Waals surface area contributed by atoms with Crippen LogP contribution in [0.25, 0.3) is 21.5 Å². The number of hydrogen-bond donors (Lipinski definition) is 0. The van der Waals surface area contributed by atoms with Crippen LogP contribution in [0, 0.1) is 60.7 Å². The third kappa shape index (κ3) is 3.22. The predicted octanol–water partition coefficient (Wildman–Crippen LogP) is 4.24. The highest BCUT2D eigenvalue weighted by Crippen LogP contribution is 2.05. The summed E-state index contributed by atoms with van der Waals surface area (Å²) in [5, 5.41) is 3.39. The summed E-state index contributed by atoms with van der Waals surface area (Å²) in [6, 6.07) is 44.3. The number of fused-ring (bicyclic) bond motifs is 2. The molecule has 96 valence electrons. The first-order chi connectivity index (χ1) is 10.9. The Hall–Kier alpha value is -3.76. The summed E-state index contributed by atoms with van der Waals surface area (Å²) < 4.78 is 0. The van der Waals surface area contributed by atoms with Crippen molar-refractivity contribution < 1.29 is 0 Å². The molecule has 0 saturated heterocycles. The Labute approximate surface area is 131 Å². The summed E-state index contributed by atoms with van der Waals surface area (Å²) in [6.07, 6.45) is 0. The van der Waals surface area contributed by atoms with E-state index in [1.54, 1.807) is 0 Å². The molecule has 0 aromatic heterocycles. The van der Waals surface area contributed by atoms with E-state index in [1.807, 2.05) is 48.5 Å². The van der Waals surface area contributed by atoms with E-state index in [0.717, 1.165) is 21.5 Å². The molecule has 0 bridgehead atoms. The number of rotatable bonds is 0. The maximum atomic E-state index is 3.04. The van der Waals surface area contributed by atoms with Crippen LogP contribution in [0.1, 0.15) is 0 Å². The van der Waals surface area contributed by atoms with Gasteiger partial charge < -0.3 is 0 Å². The highest BCUT2D eigenvalue weighted by Gasteiger charge is 1.83. The van der Waals surface area contributed by atoms with Gasteiger partial charge in [0.1, 0.15) is 0 Å². The third-order valence-electron chi connectivity index (χ3n) is 2.89. The molecule has 0 N–H and O–H groups in total.